The van der Waals surface area contributed by atoms with Crippen LogP contribution in [0.2, 0.25) is 0 Å². The minimum Gasteiger partial charge on any atom is -0.477 e. The fourth-order valence-corrected chi connectivity index (χ4v) is 2.85. The zero-order valence-electron chi connectivity index (χ0n) is 7.17. The smallest absolute Gasteiger partial charge is 0.351 e. The minimum absolute atomic E-state index is 0.172. The molecular weight excluding hydrogens is 334 g/mol. The highest BCUT2D eigenvalue weighted by Gasteiger charge is 2.07. The molecule has 0 saturated heterocycles. The second-order valence-electron chi connectivity index (χ2n) is 2.38. The van der Waals surface area contributed by atoms with Crippen LogP contribution in [0, 0.1) is 0 Å². The highest BCUT2D eigenvalue weighted by Crippen LogP contribution is 2.33. The lowest BCUT2D eigenvalue weighted by Crippen LogP contribution is -2.14. The summed E-state index contributed by atoms with van der Waals surface area (Å²) in [7, 11) is 1.58. The SMILES string of the molecule is CN/C(=C\c1cc(Br)c(Br)s1)C(=O)O. The van der Waals surface area contributed by atoms with Crippen molar-refractivity contribution in [1.82, 2.24) is 5.32 Å². The van der Waals surface area contributed by atoms with Gasteiger partial charge in [0.15, 0.2) is 0 Å². The Labute approximate surface area is 102 Å². The molecule has 14 heavy (non-hydrogen) atoms. The Balaban J connectivity index is 3.00. The van der Waals surface area contributed by atoms with Crippen LogP contribution in [0.3, 0.4) is 0 Å². The molecule has 0 radical (unpaired) electrons. The van der Waals surface area contributed by atoms with Gasteiger partial charge < -0.3 is 10.4 Å². The quantitative estimate of drug-likeness (QED) is 0.832. The Morgan fingerprint density at radius 3 is 2.64 bits per heavy atom. The zero-order valence-corrected chi connectivity index (χ0v) is 11.2. The van der Waals surface area contributed by atoms with Crippen LogP contribution >= 0.6 is 43.2 Å². The number of carboxylic acid groups (broad SMARTS) is 1. The van der Waals surface area contributed by atoms with E-state index in [-0.39, 0.29) is 5.70 Å². The highest BCUT2D eigenvalue weighted by molar-refractivity contribution is 9.13. The second kappa shape index (κ2) is 4.95. The summed E-state index contributed by atoms with van der Waals surface area (Å²) in [6, 6.07) is 1.86. The molecule has 1 rings (SSSR count). The predicted molar refractivity (Wildman–Crippen MR) is 64.4 cm³/mol. The van der Waals surface area contributed by atoms with Crippen LogP contribution in [0.1, 0.15) is 4.88 Å². The first-order chi connectivity index (χ1) is 6.54. The normalized spacial score (nSPS) is 11.5. The van der Waals surface area contributed by atoms with Crippen molar-refractivity contribution in [3.63, 3.8) is 0 Å². The van der Waals surface area contributed by atoms with E-state index in [1.807, 2.05) is 6.07 Å². The molecular formula is C8H7Br2NO2S. The van der Waals surface area contributed by atoms with Crippen molar-refractivity contribution in [2.24, 2.45) is 0 Å². The molecule has 1 aromatic heterocycles. The van der Waals surface area contributed by atoms with Crippen molar-refractivity contribution in [2.45, 2.75) is 0 Å². The van der Waals surface area contributed by atoms with Crippen LogP contribution in [-0.2, 0) is 4.79 Å². The van der Waals surface area contributed by atoms with Gasteiger partial charge in [0.25, 0.3) is 0 Å². The zero-order chi connectivity index (χ0) is 10.7. The number of nitrogens with one attached hydrogen (secondary N) is 1. The lowest BCUT2D eigenvalue weighted by atomic mass is 10.3. The molecule has 0 amide bonds. The van der Waals surface area contributed by atoms with Crippen LogP contribution in [0.25, 0.3) is 6.08 Å². The van der Waals surface area contributed by atoms with E-state index in [9.17, 15) is 4.79 Å². The van der Waals surface area contributed by atoms with Gasteiger partial charge >= 0.3 is 5.97 Å². The summed E-state index contributed by atoms with van der Waals surface area (Å²) in [4.78, 5) is 11.5. The summed E-state index contributed by atoms with van der Waals surface area (Å²) in [5, 5.41) is 11.4. The molecule has 0 unspecified atom stereocenters. The molecule has 0 aliphatic rings. The molecule has 0 saturated carbocycles. The molecule has 0 aliphatic carbocycles. The molecule has 0 bridgehead atoms. The average molecular weight is 341 g/mol. The Morgan fingerprint density at radius 2 is 2.29 bits per heavy atom. The molecule has 0 aromatic carbocycles. The number of carbonyl (C=O) groups is 1. The molecule has 3 nitrogen and oxygen atoms in total. The largest absolute Gasteiger partial charge is 0.477 e. The maximum Gasteiger partial charge on any atom is 0.351 e. The van der Waals surface area contributed by atoms with Gasteiger partial charge in [0, 0.05) is 16.4 Å². The maximum absolute atomic E-state index is 10.7. The van der Waals surface area contributed by atoms with Gasteiger partial charge in [0.1, 0.15) is 5.70 Å². The maximum atomic E-state index is 10.7. The van der Waals surface area contributed by atoms with E-state index >= 15 is 0 Å². The summed E-state index contributed by atoms with van der Waals surface area (Å²) in [5.74, 6) is -0.965. The number of hydrogen-bond donors (Lipinski definition) is 2. The van der Waals surface area contributed by atoms with Crippen LogP contribution < -0.4 is 5.32 Å². The van der Waals surface area contributed by atoms with E-state index in [0.29, 0.717) is 0 Å². The second-order valence-corrected chi connectivity index (χ2v) is 5.64. The first-order valence-corrected chi connectivity index (χ1v) is 6.02. The third-order valence-electron chi connectivity index (χ3n) is 1.45. The van der Waals surface area contributed by atoms with Gasteiger partial charge in [-0.3, -0.25) is 0 Å². The van der Waals surface area contributed by atoms with E-state index in [1.54, 1.807) is 13.1 Å². The fourth-order valence-electron chi connectivity index (χ4n) is 0.818. The van der Waals surface area contributed by atoms with Crippen LogP contribution in [-0.4, -0.2) is 18.1 Å². The highest BCUT2D eigenvalue weighted by atomic mass is 79.9. The van der Waals surface area contributed by atoms with Crippen molar-refractivity contribution in [3.05, 3.63) is 24.9 Å². The standard InChI is InChI=1S/C8H7Br2NO2S/c1-11-6(8(12)13)3-4-2-5(9)7(10)14-4/h2-3,11H,1H3,(H,12,13)/b6-3-. The van der Waals surface area contributed by atoms with Crippen LogP contribution in [0.4, 0.5) is 0 Å². The Morgan fingerprint density at radius 1 is 1.64 bits per heavy atom. The minimum atomic E-state index is -0.965. The molecule has 0 aliphatic heterocycles. The number of likely N-dealkylation sites (N-methyl/N-ethyl adjacent to an activating group) is 1. The van der Waals surface area contributed by atoms with Crippen molar-refractivity contribution in [3.8, 4) is 0 Å². The molecule has 0 atom stereocenters. The molecule has 2 N–H and O–H groups in total. The van der Waals surface area contributed by atoms with Gasteiger partial charge in [0.2, 0.25) is 0 Å². The molecule has 0 spiro atoms. The summed E-state index contributed by atoms with van der Waals surface area (Å²) >= 11 is 8.14. The van der Waals surface area contributed by atoms with Gasteiger partial charge in [-0.2, -0.15) is 0 Å². The van der Waals surface area contributed by atoms with Gasteiger partial charge in [0.05, 0.1) is 3.79 Å². The number of halogens is 2. The van der Waals surface area contributed by atoms with Gasteiger partial charge in [-0.05, 0) is 44.0 Å². The molecule has 1 aromatic rings. The molecule has 1 heterocycles. The van der Waals surface area contributed by atoms with Crippen LogP contribution in [0.5, 0.6) is 0 Å². The Bertz CT molecular complexity index is 367. The number of hydrogen-bond acceptors (Lipinski definition) is 3. The Hall–Kier alpha value is -0.330. The first kappa shape index (κ1) is 11.7. The van der Waals surface area contributed by atoms with Crippen molar-refractivity contribution in [2.75, 3.05) is 7.05 Å². The molecule has 76 valence electrons. The first-order valence-electron chi connectivity index (χ1n) is 3.62. The monoisotopic (exact) mass is 339 g/mol. The van der Waals surface area contributed by atoms with E-state index in [2.05, 4.69) is 37.2 Å². The predicted octanol–water partition coefficient (Wildman–Crippen LogP) is 2.92. The topological polar surface area (TPSA) is 49.3 Å². The van der Waals surface area contributed by atoms with E-state index < -0.39 is 5.97 Å². The molecule has 6 heteroatoms. The number of thiophene rings is 1. The van der Waals surface area contributed by atoms with E-state index in [0.717, 1.165) is 13.1 Å². The summed E-state index contributed by atoms with van der Waals surface area (Å²) < 4.78 is 1.87. The lowest BCUT2D eigenvalue weighted by molar-refractivity contribution is -0.132. The molecule has 0 fully saturated rings. The Kier molecular flexibility index (Phi) is 4.15. The van der Waals surface area contributed by atoms with E-state index in [4.69, 9.17) is 5.11 Å². The summed E-state index contributed by atoms with van der Waals surface area (Å²) in [6.45, 7) is 0. The van der Waals surface area contributed by atoms with Gasteiger partial charge in [-0.25, -0.2) is 4.79 Å². The third-order valence-corrected chi connectivity index (χ3v) is 4.65. The van der Waals surface area contributed by atoms with E-state index in [1.165, 1.54) is 11.3 Å². The van der Waals surface area contributed by atoms with Crippen LogP contribution in [0.15, 0.2) is 20.0 Å². The number of rotatable bonds is 3. The summed E-state index contributed by atoms with van der Waals surface area (Å²) in [6.07, 6.45) is 1.59. The van der Waals surface area contributed by atoms with Gasteiger partial charge in [-0.1, -0.05) is 0 Å². The number of carboxylic acids is 1. The lowest BCUT2D eigenvalue weighted by Gasteiger charge is -1.97. The van der Waals surface area contributed by atoms with Crippen molar-refractivity contribution < 1.29 is 9.90 Å². The third kappa shape index (κ3) is 2.83. The number of aliphatic carboxylic acids is 1. The van der Waals surface area contributed by atoms with Crippen molar-refractivity contribution >= 4 is 55.2 Å². The van der Waals surface area contributed by atoms with Gasteiger partial charge in [-0.15, -0.1) is 11.3 Å². The average Bonchev–Trinajstić information content (AvgIpc) is 2.41. The van der Waals surface area contributed by atoms with Crippen molar-refractivity contribution in [1.29, 1.82) is 0 Å². The fraction of sp³-hybridized carbons (Fsp3) is 0.125. The summed E-state index contributed by atoms with van der Waals surface area (Å²) in [5.41, 5.74) is 0.172.